The summed E-state index contributed by atoms with van der Waals surface area (Å²) in [6.45, 7) is 0. The molecule has 2 nitrogen and oxygen atoms in total. The highest BCUT2D eigenvalue weighted by Gasteiger charge is 2.05. The number of hydrogen-bond acceptors (Lipinski definition) is 2. The summed E-state index contributed by atoms with van der Waals surface area (Å²) in [5.41, 5.74) is 0. The number of ether oxygens (including phenoxy) is 2. The molecule has 0 fully saturated rings. The maximum absolute atomic E-state index is 6.26. The Morgan fingerprint density at radius 3 is 2.47 bits per heavy atom. The first-order valence-corrected chi connectivity index (χ1v) is 5.92. The third-order valence-corrected chi connectivity index (χ3v) is 3.10. The van der Waals surface area contributed by atoms with Gasteiger partial charge in [-0.3, -0.25) is 0 Å². The zero-order valence-corrected chi connectivity index (χ0v) is 10.8. The molecule has 0 bridgehead atoms. The van der Waals surface area contributed by atoms with Crippen LogP contribution >= 0.6 is 11.6 Å². The van der Waals surface area contributed by atoms with Crippen LogP contribution in [0.1, 0.15) is 12.8 Å². The van der Waals surface area contributed by atoms with Gasteiger partial charge in [0.2, 0.25) is 0 Å². The second-order valence-corrected chi connectivity index (χ2v) is 4.23. The molecular weight excluding hydrogens is 236 g/mol. The van der Waals surface area contributed by atoms with Gasteiger partial charge in [-0.05, 0) is 36.3 Å². The van der Waals surface area contributed by atoms with Crippen molar-refractivity contribution in [3.63, 3.8) is 0 Å². The second kappa shape index (κ2) is 5.28. The minimum Gasteiger partial charge on any atom is -0.493 e. The fourth-order valence-corrected chi connectivity index (χ4v) is 2.13. The smallest absolute Gasteiger partial charge is 0.161 e. The van der Waals surface area contributed by atoms with Gasteiger partial charge in [-0.25, -0.2) is 0 Å². The van der Waals surface area contributed by atoms with Crippen molar-refractivity contribution >= 4 is 22.7 Å². The molecule has 0 aromatic heterocycles. The number of methoxy groups -OCH3 is 2. The van der Waals surface area contributed by atoms with Crippen molar-refractivity contribution in [1.82, 2.24) is 0 Å². The van der Waals surface area contributed by atoms with E-state index in [0.717, 1.165) is 34.1 Å². The van der Waals surface area contributed by atoms with E-state index in [1.807, 2.05) is 18.2 Å². The van der Waals surface area contributed by atoms with Gasteiger partial charge in [-0.2, -0.15) is 0 Å². The van der Waals surface area contributed by atoms with E-state index in [4.69, 9.17) is 21.1 Å². The van der Waals surface area contributed by atoms with Crippen molar-refractivity contribution in [1.29, 1.82) is 0 Å². The lowest BCUT2D eigenvalue weighted by Gasteiger charge is -2.08. The summed E-state index contributed by atoms with van der Waals surface area (Å²) in [6, 6.07) is 3.89. The number of allylic oxidation sites excluding steroid dienone is 2. The molecule has 90 valence electrons. The van der Waals surface area contributed by atoms with Gasteiger partial charge in [-0.15, -0.1) is 0 Å². The highest BCUT2D eigenvalue weighted by Crippen LogP contribution is 2.22. The highest BCUT2D eigenvalue weighted by molar-refractivity contribution is 6.47. The summed E-state index contributed by atoms with van der Waals surface area (Å²) in [5, 5.41) is 2.81. The maximum atomic E-state index is 6.26. The molecule has 1 aliphatic rings. The van der Waals surface area contributed by atoms with Gasteiger partial charge in [0.25, 0.3) is 0 Å². The van der Waals surface area contributed by atoms with Crippen molar-refractivity contribution in [3.05, 3.63) is 34.7 Å². The van der Waals surface area contributed by atoms with E-state index in [2.05, 4.69) is 12.2 Å². The van der Waals surface area contributed by atoms with Gasteiger partial charge < -0.3 is 9.47 Å². The topological polar surface area (TPSA) is 18.5 Å². The van der Waals surface area contributed by atoms with Crippen molar-refractivity contribution in [2.75, 3.05) is 14.2 Å². The molecule has 3 heteroatoms. The molecule has 1 aromatic carbocycles. The Hall–Kier alpha value is -1.41. The number of halogens is 1. The predicted octanol–water partition coefficient (Wildman–Crippen LogP) is 2.18. The van der Waals surface area contributed by atoms with Crippen molar-refractivity contribution < 1.29 is 9.47 Å². The van der Waals surface area contributed by atoms with Crippen LogP contribution in [0.2, 0.25) is 0 Å². The summed E-state index contributed by atoms with van der Waals surface area (Å²) >= 11 is 6.26. The molecule has 0 radical (unpaired) electrons. The van der Waals surface area contributed by atoms with E-state index in [1.54, 1.807) is 14.2 Å². The molecular formula is C14H15ClO2. The molecule has 0 amide bonds. The van der Waals surface area contributed by atoms with Gasteiger partial charge in [-0.1, -0.05) is 23.8 Å². The first-order valence-electron chi connectivity index (χ1n) is 5.55. The lowest BCUT2D eigenvalue weighted by atomic mass is 10.1. The molecule has 2 rings (SSSR count). The molecule has 1 aromatic rings. The Morgan fingerprint density at radius 2 is 1.76 bits per heavy atom. The van der Waals surface area contributed by atoms with E-state index in [1.165, 1.54) is 0 Å². The molecule has 1 aliphatic carbocycles. The molecule has 0 unspecified atom stereocenters. The molecule has 0 saturated heterocycles. The fraction of sp³-hybridized carbons (Fsp3) is 0.286. The third-order valence-electron chi connectivity index (χ3n) is 2.77. The van der Waals surface area contributed by atoms with Crippen LogP contribution in [0.25, 0.3) is 11.1 Å². The molecule has 17 heavy (non-hydrogen) atoms. The third kappa shape index (κ3) is 2.47. The minimum atomic E-state index is 0.701. The van der Waals surface area contributed by atoms with Crippen molar-refractivity contribution in [3.8, 4) is 11.5 Å². The molecule has 0 aliphatic heterocycles. The summed E-state index contributed by atoms with van der Waals surface area (Å²) < 4.78 is 10.6. The average molecular weight is 251 g/mol. The maximum Gasteiger partial charge on any atom is 0.161 e. The fourth-order valence-electron chi connectivity index (χ4n) is 1.88. The molecule has 0 saturated carbocycles. The SMILES string of the molecule is COc1cc2/c(cc1OC)=C(Cl)\C=C\CC/C=2. The van der Waals surface area contributed by atoms with Crippen molar-refractivity contribution in [2.24, 2.45) is 0 Å². The Labute approximate surface area is 106 Å². The number of benzene rings is 1. The van der Waals surface area contributed by atoms with Crippen LogP contribution in [0, 0.1) is 0 Å². The minimum absolute atomic E-state index is 0.701. The monoisotopic (exact) mass is 250 g/mol. The van der Waals surface area contributed by atoms with Gasteiger partial charge >= 0.3 is 0 Å². The van der Waals surface area contributed by atoms with Crippen LogP contribution in [0.5, 0.6) is 11.5 Å². The normalized spacial score (nSPS) is 21.5. The van der Waals surface area contributed by atoms with Crippen LogP contribution in [0.3, 0.4) is 0 Å². The van der Waals surface area contributed by atoms with Gasteiger partial charge in [0.05, 0.1) is 14.2 Å². The summed E-state index contributed by atoms with van der Waals surface area (Å²) in [7, 11) is 3.26. The second-order valence-electron chi connectivity index (χ2n) is 3.83. The van der Waals surface area contributed by atoms with Gasteiger partial charge in [0.15, 0.2) is 11.5 Å². The van der Waals surface area contributed by atoms with Crippen LogP contribution in [-0.2, 0) is 0 Å². The number of fused-ring (bicyclic) bond motifs is 1. The Bertz CT molecular complexity index is 558. The van der Waals surface area contributed by atoms with Gasteiger partial charge in [0, 0.05) is 10.3 Å². The summed E-state index contributed by atoms with van der Waals surface area (Å²) in [5.74, 6) is 1.43. The van der Waals surface area contributed by atoms with E-state index in [-0.39, 0.29) is 0 Å². The molecule has 0 heterocycles. The van der Waals surface area contributed by atoms with E-state index < -0.39 is 0 Å². The summed E-state index contributed by atoms with van der Waals surface area (Å²) in [4.78, 5) is 0. The lowest BCUT2D eigenvalue weighted by Crippen LogP contribution is -2.26. The average Bonchev–Trinajstić information content (AvgIpc) is 2.35. The van der Waals surface area contributed by atoms with E-state index >= 15 is 0 Å². The van der Waals surface area contributed by atoms with Crippen molar-refractivity contribution in [2.45, 2.75) is 12.8 Å². The Morgan fingerprint density at radius 1 is 1.06 bits per heavy atom. The Kier molecular flexibility index (Phi) is 3.75. The zero-order valence-electron chi connectivity index (χ0n) is 10.00. The number of rotatable bonds is 2. The summed E-state index contributed by atoms with van der Waals surface area (Å²) in [6.07, 6.45) is 8.20. The zero-order chi connectivity index (χ0) is 12.3. The quantitative estimate of drug-likeness (QED) is 0.801. The highest BCUT2D eigenvalue weighted by atomic mass is 35.5. The largest absolute Gasteiger partial charge is 0.493 e. The molecule has 0 atom stereocenters. The standard InChI is InChI=1S/C14H15ClO2/c1-16-13-8-10-6-4-3-5-7-12(15)11(10)9-14(13)17-2/h5-9H,3-4H2,1-2H3/b7-5+,10-6+,12-11+. The Balaban J connectivity index is 2.78. The predicted molar refractivity (Wildman–Crippen MR) is 70.9 cm³/mol. The van der Waals surface area contributed by atoms with Crippen LogP contribution < -0.4 is 19.9 Å². The molecule has 0 spiro atoms. The van der Waals surface area contributed by atoms with E-state index in [0.29, 0.717) is 5.75 Å². The van der Waals surface area contributed by atoms with Crippen LogP contribution in [0.4, 0.5) is 0 Å². The molecule has 0 N–H and O–H groups in total. The number of hydrogen-bond donors (Lipinski definition) is 0. The lowest BCUT2D eigenvalue weighted by molar-refractivity contribution is 0.354. The van der Waals surface area contributed by atoms with E-state index in [9.17, 15) is 0 Å². The van der Waals surface area contributed by atoms with Gasteiger partial charge in [0.1, 0.15) is 0 Å². The van der Waals surface area contributed by atoms with Crippen LogP contribution in [-0.4, -0.2) is 14.2 Å². The van der Waals surface area contributed by atoms with Crippen LogP contribution in [0.15, 0.2) is 24.3 Å². The first kappa shape index (κ1) is 12.1. The first-order chi connectivity index (χ1) is 8.26.